The minimum Gasteiger partial charge on any atom is -0.503 e. The molecule has 0 aromatic heterocycles. The molecule has 0 bridgehead atoms. The Labute approximate surface area is 128 Å². The van der Waals surface area contributed by atoms with Crippen molar-refractivity contribution >= 4 is 56.2 Å². The van der Waals surface area contributed by atoms with E-state index in [0.717, 1.165) is 5.56 Å². The number of carbonyl (C=O) groups is 1. The van der Waals surface area contributed by atoms with Gasteiger partial charge in [0.25, 0.3) is 5.91 Å². The molecule has 1 aromatic rings. The summed E-state index contributed by atoms with van der Waals surface area (Å²) in [5.41, 5.74) is 0.746. The van der Waals surface area contributed by atoms with Crippen molar-refractivity contribution in [2.45, 2.75) is 0 Å². The zero-order valence-electron chi connectivity index (χ0n) is 10.1. The number of aromatic hydroxyl groups is 1. The fourth-order valence-electron chi connectivity index (χ4n) is 1.53. The quantitative estimate of drug-likeness (QED) is 0.649. The number of hydrogen-bond acceptors (Lipinski definition) is 5. The van der Waals surface area contributed by atoms with Crippen molar-refractivity contribution in [2.75, 3.05) is 14.2 Å². The lowest BCUT2D eigenvalue weighted by atomic mass is 10.2. The van der Waals surface area contributed by atoms with Gasteiger partial charge < -0.3 is 9.84 Å². The lowest BCUT2D eigenvalue weighted by molar-refractivity contribution is -0.121. The van der Waals surface area contributed by atoms with E-state index in [1.54, 1.807) is 25.3 Å². The van der Waals surface area contributed by atoms with Crippen LogP contribution in [0, 0.1) is 0 Å². The number of halogens is 1. The summed E-state index contributed by atoms with van der Waals surface area (Å²) >= 11 is 9.55. The van der Waals surface area contributed by atoms with E-state index >= 15 is 0 Å². The van der Waals surface area contributed by atoms with Crippen LogP contribution in [0.15, 0.2) is 21.5 Å². The number of carbonyl (C=O) groups excluding carboxylic acids is 1. The maximum atomic E-state index is 11.9. The number of amides is 1. The van der Waals surface area contributed by atoms with Gasteiger partial charge in [0.1, 0.15) is 4.32 Å². The summed E-state index contributed by atoms with van der Waals surface area (Å²) < 4.78 is 6.10. The predicted molar refractivity (Wildman–Crippen MR) is 83.3 cm³/mol. The van der Waals surface area contributed by atoms with Gasteiger partial charge in [0.2, 0.25) is 0 Å². The molecule has 1 aliphatic rings. The van der Waals surface area contributed by atoms with Crippen LogP contribution in [0.2, 0.25) is 0 Å². The van der Waals surface area contributed by atoms with Gasteiger partial charge in [-0.3, -0.25) is 9.69 Å². The number of methoxy groups -OCH3 is 1. The molecular formula is C12H10BrNO3S2. The molecule has 1 saturated heterocycles. The van der Waals surface area contributed by atoms with E-state index in [9.17, 15) is 9.90 Å². The standard InChI is InChI=1S/C12H10BrNO3S2/c1-14-11(16)9(19-12(14)18)5-6-3-7(13)10(15)8(4-6)17-2/h3-5,15H,1-2H3/b9-5-. The summed E-state index contributed by atoms with van der Waals surface area (Å²) in [6.07, 6.45) is 1.72. The van der Waals surface area contributed by atoms with Gasteiger partial charge in [-0.15, -0.1) is 0 Å². The average molecular weight is 360 g/mol. The van der Waals surface area contributed by atoms with E-state index in [0.29, 0.717) is 19.4 Å². The molecule has 0 radical (unpaired) electrons. The largest absolute Gasteiger partial charge is 0.503 e. The van der Waals surface area contributed by atoms with Crippen molar-refractivity contribution in [1.82, 2.24) is 4.90 Å². The van der Waals surface area contributed by atoms with Gasteiger partial charge in [0, 0.05) is 7.05 Å². The summed E-state index contributed by atoms with van der Waals surface area (Å²) in [6, 6.07) is 3.36. The van der Waals surface area contributed by atoms with Crippen LogP contribution >= 0.6 is 39.9 Å². The second-order valence-corrected chi connectivity index (χ2v) is 6.32. The summed E-state index contributed by atoms with van der Waals surface area (Å²) in [7, 11) is 3.11. The summed E-state index contributed by atoms with van der Waals surface area (Å²) in [4.78, 5) is 13.9. The molecule has 1 fully saturated rings. The first-order valence-electron chi connectivity index (χ1n) is 5.22. The van der Waals surface area contributed by atoms with Gasteiger partial charge in [-0.25, -0.2) is 0 Å². The minimum absolute atomic E-state index is 0.0303. The average Bonchev–Trinajstić information content (AvgIpc) is 2.61. The first kappa shape index (κ1) is 14.4. The van der Waals surface area contributed by atoms with E-state index in [4.69, 9.17) is 17.0 Å². The highest BCUT2D eigenvalue weighted by Crippen LogP contribution is 2.37. The van der Waals surface area contributed by atoms with E-state index in [1.165, 1.54) is 23.8 Å². The molecule has 1 heterocycles. The van der Waals surface area contributed by atoms with Crippen LogP contribution in [0.25, 0.3) is 6.08 Å². The Morgan fingerprint density at radius 2 is 2.21 bits per heavy atom. The first-order valence-corrected chi connectivity index (χ1v) is 7.24. The minimum atomic E-state index is -0.127. The Morgan fingerprint density at radius 3 is 2.74 bits per heavy atom. The Balaban J connectivity index is 2.42. The van der Waals surface area contributed by atoms with Gasteiger partial charge in [-0.1, -0.05) is 24.0 Å². The van der Waals surface area contributed by atoms with Crippen molar-refractivity contribution in [1.29, 1.82) is 0 Å². The van der Waals surface area contributed by atoms with Crippen LogP contribution in [0.4, 0.5) is 0 Å². The maximum absolute atomic E-state index is 11.9. The number of rotatable bonds is 2. The molecule has 1 aliphatic heterocycles. The van der Waals surface area contributed by atoms with E-state index in [-0.39, 0.29) is 11.7 Å². The second-order valence-electron chi connectivity index (χ2n) is 3.79. The fourth-order valence-corrected chi connectivity index (χ4v) is 3.17. The van der Waals surface area contributed by atoms with Crippen molar-refractivity contribution < 1.29 is 14.6 Å². The van der Waals surface area contributed by atoms with Crippen molar-refractivity contribution in [2.24, 2.45) is 0 Å². The third-order valence-electron chi connectivity index (χ3n) is 2.55. The van der Waals surface area contributed by atoms with Crippen molar-refractivity contribution in [3.05, 3.63) is 27.1 Å². The summed E-state index contributed by atoms with van der Waals surface area (Å²) in [5, 5.41) is 9.73. The van der Waals surface area contributed by atoms with Gasteiger partial charge >= 0.3 is 0 Å². The van der Waals surface area contributed by atoms with Crippen molar-refractivity contribution in [3.8, 4) is 11.5 Å². The Morgan fingerprint density at radius 1 is 1.53 bits per heavy atom. The number of nitrogens with zero attached hydrogens (tertiary/aromatic N) is 1. The molecule has 0 unspecified atom stereocenters. The predicted octanol–water partition coefficient (Wildman–Crippen LogP) is 2.99. The highest BCUT2D eigenvalue weighted by Gasteiger charge is 2.28. The van der Waals surface area contributed by atoms with Gasteiger partial charge in [0.05, 0.1) is 16.5 Å². The highest BCUT2D eigenvalue weighted by molar-refractivity contribution is 9.10. The van der Waals surface area contributed by atoms with E-state index in [1.807, 2.05) is 0 Å². The number of phenolic OH excluding ortho intramolecular Hbond substituents is 1. The molecule has 19 heavy (non-hydrogen) atoms. The van der Waals surface area contributed by atoms with Crippen LogP contribution in [0.3, 0.4) is 0 Å². The number of benzene rings is 1. The zero-order chi connectivity index (χ0) is 14.2. The number of hydrogen-bond donors (Lipinski definition) is 1. The molecule has 2 rings (SSSR count). The second kappa shape index (κ2) is 5.52. The molecule has 0 aliphatic carbocycles. The molecule has 1 amide bonds. The summed E-state index contributed by atoms with van der Waals surface area (Å²) in [5.74, 6) is 0.244. The number of thioether (sulfide) groups is 1. The number of ether oxygens (including phenoxy) is 1. The number of thiocarbonyl (C=S) groups is 1. The highest BCUT2D eigenvalue weighted by atomic mass is 79.9. The maximum Gasteiger partial charge on any atom is 0.265 e. The van der Waals surface area contributed by atoms with E-state index in [2.05, 4.69) is 15.9 Å². The molecular weight excluding hydrogens is 350 g/mol. The third-order valence-corrected chi connectivity index (χ3v) is 4.64. The molecule has 1 aromatic carbocycles. The third kappa shape index (κ3) is 2.77. The molecule has 4 nitrogen and oxygen atoms in total. The smallest absolute Gasteiger partial charge is 0.265 e. The number of likely N-dealkylation sites (N-methyl/N-ethyl adjacent to an activating group) is 1. The Kier molecular flexibility index (Phi) is 4.17. The topological polar surface area (TPSA) is 49.8 Å². The SMILES string of the molecule is COc1cc(/C=C2\SC(=S)N(C)C2=O)cc(Br)c1O. The Bertz CT molecular complexity index is 601. The van der Waals surface area contributed by atoms with Crippen molar-refractivity contribution in [3.63, 3.8) is 0 Å². The lowest BCUT2D eigenvalue weighted by Crippen LogP contribution is -2.22. The molecule has 0 saturated carbocycles. The first-order chi connectivity index (χ1) is 8.93. The lowest BCUT2D eigenvalue weighted by Gasteiger charge is -2.07. The molecule has 100 valence electrons. The van der Waals surface area contributed by atoms with Crippen LogP contribution in [-0.2, 0) is 4.79 Å². The van der Waals surface area contributed by atoms with Crippen LogP contribution < -0.4 is 4.74 Å². The van der Waals surface area contributed by atoms with Crippen LogP contribution in [0.1, 0.15) is 5.56 Å². The Hall–Kier alpha value is -1.05. The number of phenols is 1. The van der Waals surface area contributed by atoms with Crippen LogP contribution in [-0.4, -0.2) is 34.4 Å². The molecule has 1 N–H and O–H groups in total. The molecule has 0 atom stereocenters. The van der Waals surface area contributed by atoms with Gasteiger partial charge in [-0.05, 0) is 39.7 Å². The molecule has 7 heteroatoms. The summed E-state index contributed by atoms with van der Waals surface area (Å²) in [6.45, 7) is 0. The normalized spacial score (nSPS) is 17.4. The zero-order valence-corrected chi connectivity index (χ0v) is 13.4. The van der Waals surface area contributed by atoms with Gasteiger partial charge in [-0.2, -0.15) is 0 Å². The fraction of sp³-hybridized carbons (Fsp3) is 0.167. The van der Waals surface area contributed by atoms with Gasteiger partial charge in [0.15, 0.2) is 11.5 Å². The van der Waals surface area contributed by atoms with Crippen LogP contribution in [0.5, 0.6) is 11.5 Å². The molecule has 0 spiro atoms. The monoisotopic (exact) mass is 359 g/mol. The van der Waals surface area contributed by atoms with E-state index < -0.39 is 0 Å².